The molecule has 32 heavy (non-hydrogen) atoms. The molecule has 8 nitrogen and oxygen atoms in total. The third-order valence-corrected chi connectivity index (χ3v) is 6.15. The van der Waals surface area contributed by atoms with Crippen LogP contribution in [0.2, 0.25) is 0 Å². The van der Waals surface area contributed by atoms with Crippen LogP contribution < -0.4 is 15.8 Å². The van der Waals surface area contributed by atoms with Crippen LogP contribution in [-0.4, -0.2) is 77.9 Å². The van der Waals surface area contributed by atoms with Gasteiger partial charge in [0.2, 0.25) is 5.95 Å². The van der Waals surface area contributed by atoms with Gasteiger partial charge in [-0.15, -0.1) is 0 Å². The maximum absolute atomic E-state index is 9.74. The lowest BCUT2D eigenvalue weighted by atomic mass is 10.0. The number of aryl methyl sites for hydroxylation is 1. The molecule has 1 aliphatic heterocycles. The molecule has 2 heterocycles. The molecule has 3 rings (SSSR count). The molecule has 1 saturated heterocycles. The maximum atomic E-state index is 9.74. The highest BCUT2D eigenvalue weighted by Crippen LogP contribution is 2.28. The summed E-state index contributed by atoms with van der Waals surface area (Å²) < 4.78 is 5.76. The molecule has 0 amide bonds. The minimum Gasteiger partial charge on any atom is -0.496 e. The number of aromatic nitrogens is 2. The quantitative estimate of drug-likeness (QED) is 0.515. The van der Waals surface area contributed by atoms with E-state index in [1.54, 1.807) is 7.11 Å². The second kappa shape index (κ2) is 11.4. The van der Waals surface area contributed by atoms with E-state index in [-0.39, 0.29) is 18.6 Å². The zero-order chi connectivity index (χ0) is 23.1. The Kier molecular flexibility index (Phi) is 8.67. The van der Waals surface area contributed by atoms with Crippen molar-refractivity contribution in [1.82, 2.24) is 19.8 Å². The number of hydrogen-bond donors (Lipinski definition) is 3. The minimum atomic E-state index is -0.0692. The van der Waals surface area contributed by atoms with Crippen molar-refractivity contribution < 1.29 is 9.84 Å². The monoisotopic (exact) mass is 442 g/mol. The Morgan fingerprint density at radius 3 is 2.62 bits per heavy atom. The van der Waals surface area contributed by atoms with E-state index in [0.717, 1.165) is 68.1 Å². The van der Waals surface area contributed by atoms with Gasteiger partial charge in [-0.05, 0) is 37.6 Å². The molecular weight excluding hydrogens is 404 g/mol. The molecule has 1 atom stereocenters. The average Bonchev–Trinajstić information content (AvgIpc) is 2.77. The number of nitrogens with zero attached hydrogens (tertiary/aromatic N) is 4. The van der Waals surface area contributed by atoms with Gasteiger partial charge in [-0.3, -0.25) is 4.90 Å². The SMILES string of the molecule is CCCC(CO)Nc1nc(N)nc(C)c1Cc1ccc(CN2CCN(C)CC2)cc1OC. The number of piperazine rings is 1. The lowest BCUT2D eigenvalue weighted by Gasteiger charge is -2.32. The number of methoxy groups -OCH3 is 1. The fraction of sp³-hybridized carbons (Fsp3) is 0.583. The van der Waals surface area contributed by atoms with E-state index in [1.165, 1.54) is 5.56 Å². The summed E-state index contributed by atoms with van der Waals surface area (Å²) in [6.07, 6.45) is 2.44. The highest BCUT2D eigenvalue weighted by atomic mass is 16.5. The smallest absolute Gasteiger partial charge is 0.222 e. The van der Waals surface area contributed by atoms with E-state index >= 15 is 0 Å². The molecule has 0 aliphatic carbocycles. The van der Waals surface area contributed by atoms with E-state index in [9.17, 15) is 5.11 Å². The molecular formula is C24H38N6O2. The van der Waals surface area contributed by atoms with Crippen LogP contribution in [0.25, 0.3) is 0 Å². The van der Waals surface area contributed by atoms with Crippen molar-refractivity contribution in [2.75, 3.05) is 58.0 Å². The van der Waals surface area contributed by atoms with Crippen molar-refractivity contribution in [2.45, 2.75) is 45.7 Å². The molecule has 1 unspecified atom stereocenters. The third-order valence-electron chi connectivity index (χ3n) is 6.15. The van der Waals surface area contributed by atoms with Gasteiger partial charge in [0.15, 0.2) is 0 Å². The fourth-order valence-electron chi connectivity index (χ4n) is 4.19. The van der Waals surface area contributed by atoms with E-state index < -0.39 is 0 Å². The first kappa shape index (κ1) is 24.2. The molecule has 176 valence electrons. The Labute approximate surface area is 191 Å². The number of nitrogens with one attached hydrogen (secondary N) is 1. The molecule has 0 radical (unpaired) electrons. The Morgan fingerprint density at radius 2 is 1.97 bits per heavy atom. The lowest BCUT2D eigenvalue weighted by Crippen LogP contribution is -2.43. The number of nitrogen functional groups attached to an aromatic ring is 1. The molecule has 0 bridgehead atoms. The van der Waals surface area contributed by atoms with Gasteiger partial charge in [-0.1, -0.05) is 25.5 Å². The Bertz CT molecular complexity index is 883. The summed E-state index contributed by atoms with van der Waals surface area (Å²) in [6, 6.07) is 6.39. The number of likely N-dealkylation sites (N-methyl/N-ethyl adjacent to an activating group) is 1. The molecule has 1 aromatic heterocycles. The normalized spacial score (nSPS) is 16.2. The highest BCUT2D eigenvalue weighted by molar-refractivity contribution is 5.53. The number of anilines is 2. The molecule has 2 aromatic rings. The standard InChI is InChI=1S/C24H38N6O2/c1-5-6-20(16-31)27-23-21(17(2)26-24(25)28-23)14-19-8-7-18(13-22(19)32-4)15-30-11-9-29(3)10-12-30/h7-8,13,20,31H,5-6,9-12,14-16H2,1-4H3,(H3,25,26,27,28). The van der Waals surface area contributed by atoms with Crippen molar-refractivity contribution >= 4 is 11.8 Å². The van der Waals surface area contributed by atoms with Gasteiger partial charge in [-0.2, -0.15) is 4.98 Å². The molecule has 4 N–H and O–H groups in total. The summed E-state index contributed by atoms with van der Waals surface area (Å²) in [5.41, 5.74) is 10.1. The van der Waals surface area contributed by atoms with Gasteiger partial charge in [0, 0.05) is 50.4 Å². The van der Waals surface area contributed by atoms with Crippen molar-refractivity contribution in [3.8, 4) is 5.75 Å². The van der Waals surface area contributed by atoms with Gasteiger partial charge in [0.25, 0.3) is 0 Å². The largest absolute Gasteiger partial charge is 0.496 e. The van der Waals surface area contributed by atoms with Crippen molar-refractivity contribution in [3.63, 3.8) is 0 Å². The van der Waals surface area contributed by atoms with E-state index in [1.807, 2.05) is 6.92 Å². The van der Waals surface area contributed by atoms with E-state index in [4.69, 9.17) is 10.5 Å². The highest BCUT2D eigenvalue weighted by Gasteiger charge is 2.18. The number of aliphatic hydroxyl groups is 1. The number of ether oxygens (including phenoxy) is 1. The summed E-state index contributed by atoms with van der Waals surface area (Å²) in [7, 11) is 3.89. The molecule has 1 fully saturated rings. The number of nitrogens with two attached hydrogens (primary N) is 1. The van der Waals surface area contributed by atoms with Crippen LogP contribution >= 0.6 is 0 Å². The lowest BCUT2D eigenvalue weighted by molar-refractivity contribution is 0.148. The molecule has 0 spiro atoms. The summed E-state index contributed by atoms with van der Waals surface area (Å²) in [5.74, 6) is 1.79. The first-order valence-corrected chi connectivity index (χ1v) is 11.5. The van der Waals surface area contributed by atoms with Gasteiger partial charge in [0.1, 0.15) is 11.6 Å². The molecule has 1 aliphatic rings. The second-order valence-electron chi connectivity index (χ2n) is 8.71. The zero-order valence-electron chi connectivity index (χ0n) is 19.9. The van der Waals surface area contributed by atoms with Crippen molar-refractivity contribution in [2.24, 2.45) is 0 Å². The molecule has 8 heteroatoms. The zero-order valence-corrected chi connectivity index (χ0v) is 19.9. The van der Waals surface area contributed by atoms with Crippen LogP contribution in [0.1, 0.15) is 42.1 Å². The van der Waals surface area contributed by atoms with Gasteiger partial charge >= 0.3 is 0 Å². The van der Waals surface area contributed by atoms with Gasteiger partial charge in [-0.25, -0.2) is 4.98 Å². The summed E-state index contributed by atoms with van der Waals surface area (Å²) in [4.78, 5) is 13.7. The first-order chi connectivity index (χ1) is 15.4. The van der Waals surface area contributed by atoms with Crippen LogP contribution in [0, 0.1) is 6.92 Å². The summed E-state index contributed by atoms with van der Waals surface area (Å²) in [5, 5.41) is 13.1. The molecule has 1 aromatic carbocycles. The van der Waals surface area contributed by atoms with E-state index in [2.05, 4.69) is 57.3 Å². The summed E-state index contributed by atoms with van der Waals surface area (Å²) >= 11 is 0. The number of rotatable bonds is 10. The molecule has 0 saturated carbocycles. The van der Waals surface area contributed by atoms with Gasteiger partial charge in [0.05, 0.1) is 19.8 Å². The van der Waals surface area contributed by atoms with Crippen molar-refractivity contribution in [3.05, 3.63) is 40.6 Å². The predicted octanol–water partition coefficient (Wildman–Crippen LogP) is 2.29. The van der Waals surface area contributed by atoms with Gasteiger partial charge < -0.3 is 25.8 Å². The second-order valence-corrected chi connectivity index (χ2v) is 8.71. The average molecular weight is 443 g/mol. The minimum absolute atomic E-state index is 0.0422. The third kappa shape index (κ3) is 6.31. The van der Waals surface area contributed by atoms with Crippen LogP contribution in [-0.2, 0) is 13.0 Å². The topological polar surface area (TPSA) is 99.8 Å². The number of aliphatic hydroxyl groups excluding tert-OH is 1. The fourth-order valence-corrected chi connectivity index (χ4v) is 4.19. The van der Waals surface area contributed by atoms with Crippen LogP contribution in [0.5, 0.6) is 5.75 Å². The Balaban J connectivity index is 1.81. The van der Waals surface area contributed by atoms with Crippen LogP contribution in [0.4, 0.5) is 11.8 Å². The van der Waals surface area contributed by atoms with Crippen molar-refractivity contribution in [1.29, 1.82) is 0 Å². The predicted molar refractivity (Wildman–Crippen MR) is 129 cm³/mol. The summed E-state index contributed by atoms with van der Waals surface area (Å²) in [6.45, 7) is 9.39. The number of hydrogen-bond acceptors (Lipinski definition) is 8. The number of benzene rings is 1. The van der Waals surface area contributed by atoms with Crippen LogP contribution in [0.15, 0.2) is 18.2 Å². The first-order valence-electron chi connectivity index (χ1n) is 11.5. The van der Waals surface area contributed by atoms with E-state index in [0.29, 0.717) is 12.2 Å². The van der Waals surface area contributed by atoms with Crippen LogP contribution in [0.3, 0.4) is 0 Å². The Morgan fingerprint density at radius 1 is 1.22 bits per heavy atom. The maximum Gasteiger partial charge on any atom is 0.222 e. The Hall–Kier alpha value is -2.42.